The maximum Gasteiger partial charge on any atom is 0.178 e. The first-order valence-electron chi connectivity index (χ1n) is 10.0. The molecule has 8 nitrogen and oxygen atoms in total. The smallest absolute Gasteiger partial charge is 0.178 e. The first-order chi connectivity index (χ1) is 13.5. The lowest BCUT2D eigenvalue weighted by molar-refractivity contribution is 0.423. The molecule has 0 atom stereocenters. The van der Waals surface area contributed by atoms with Crippen LogP contribution in [0, 0.1) is 5.92 Å². The van der Waals surface area contributed by atoms with E-state index in [0.717, 1.165) is 42.7 Å². The molecule has 3 aromatic rings. The van der Waals surface area contributed by atoms with Crippen LogP contribution in [0.3, 0.4) is 0 Å². The molecular weight excluding hydrogens is 352 g/mol. The number of hydrogen-bond acceptors (Lipinski definition) is 7. The summed E-state index contributed by atoms with van der Waals surface area (Å²) in [5.74, 6) is 4.04. The van der Waals surface area contributed by atoms with Crippen molar-refractivity contribution in [3.63, 3.8) is 0 Å². The molecular formula is C20H26N8. The van der Waals surface area contributed by atoms with Crippen molar-refractivity contribution in [2.45, 2.75) is 44.9 Å². The third-order valence-corrected chi connectivity index (χ3v) is 5.46. The van der Waals surface area contributed by atoms with E-state index in [0.29, 0.717) is 11.8 Å². The van der Waals surface area contributed by atoms with Crippen LogP contribution in [0.25, 0.3) is 5.65 Å². The Morgan fingerprint density at radius 2 is 1.93 bits per heavy atom. The highest BCUT2D eigenvalue weighted by Crippen LogP contribution is 2.39. The highest BCUT2D eigenvalue weighted by Gasteiger charge is 2.29. The molecule has 0 radical (unpaired) electrons. The Morgan fingerprint density at radius 3 is 2.68 bits per heavy atom. The topological polar surface area (TPSA) is 84.1 Å². The van der Waals surface area contributed by atoms with Crippen LogP contribution in [0.2, 0.25) is 0 Å². The lowest BCUT2D eigenvalue weighted by atomic mass is 9.96. The summed E-state index contributed by atoms with van der Waals surface area (Å²) in [6.07, 6.45) is 4.19. The minimum absolute atomic E-state index is 0.0939. The lowest BCUT2D eigenvalue weighted by Gasteiger charge is -2.40. The molecule has 0 aromatic carbocycles. The molecule has 1 aliphatic heterocycles. The van der Waals surface area contributed by atoms with Crippen molar-refractivity contribution in [2.24, 2.45) is 5.92 Å². The van der Waals surface area contributed by atoms with Crippen LogP contribution in [-0.4, -0.2) is 49.4 Å². The lowest BCUT2D eigenvalue weighted by Crippen LogP contribution is -2.50. The maximum absolute atomic E-state index is 4.79. The highest BCUT2D eigenvalue weighted by molar-refractivity contribution is 5.48. The van der Waals surface area contributed by atoms with E-state index in [4.69, 9.17) is 5.10 Å². The molecule has 1 saturated carbocycles. The second kappa shape index (κ2) is 6.39. The molecule has 1 aliphatic carbocycles. The van der Waals surface area contributed by atoms with Gasteiger partial charge in [0, 0.05) is 48.6 Å². The van der Waals surface area contributed by atoms with Crippen LogP contribution in [0.15, 0.2) is 24.5 Å². The number of anilines is 2. The summed E-state index contributed by atoms with van der Waals surface area (Å²) in [5.41, 5.74) is 1.88. The van der Waals surface area contributed by atoms with Crippen LogP contribution < -0.4 is 10.2 Å². The molecule has 8 heteroatoms. The van der Waals surface area contributed by atoms with Crippen molar-refractivity contribution < 1.29 is 0 Å². The van der Waals surface area contributed by atoms with Crippen molar-refractivity contribution in [1.29, 1.82) is 0 Å². The van der Waals surface area contributed by atoms with Crippen LogP contribution >= 0.6 is 0 Å². The normalized spacial score (nSPS) is 17.8. The molecule has 0 spiro atoms. The standard InChI is InChI=1S/C20H26N8/c1-20(2,3)19-25-24-17-6-7-18(26-28(17)19)27-10-13(11-27)9-21-16-8-15(14-4-5-14)22-12-23-16/h6-8,12-14H,4-5,9-11H2,1-3H3,(H,21,22,23). The predicted octanol–water partition coefficient (Wildman–Crippen LogP) is 2.64. The SMILES string of the molecule is CC(C)(C)c1nnc2ccc(N3CC(CNc4cc(C5CC5)ncn4)C3)nn12. The monoisotopic (exact) mass is 378 g/mol. The number of nitrogens with one attached hydrogen (secondary N) is 1. The number of hydrogen-bond donors (Lipinski definition) is 1. The Hall–Kier alpha value is -2.77. The summed E-state index contributed by atoms with van der Waals surface area (Å²) >= 11 is 0. The fourth-order valence-electron chi connectivity index (χ4n) is 3.62. The molecule has 0 unspecified atom stereocenters. The molecule has 146 valence electrons. The molecule has 0 amide bonds. The number of rotatable bonds is 5. The molecule has 1 saturated heterocycles. The summed E-state index contributed by atoms with van der Waals surface area (Å²) < 4.78 is 1.88. The summed E-state index contributed by atoms with van der Waals surface area (Å²) in [7, 11) is 0. The van der Waals surface area contributed by atoms with Gasteiger partial charge in [-0.05, 0) is 25.0 Å². The Balaban J connectivity index is 1.21. The van der Waals surface area contributed by atoms with Crippen LogP contribution in [-0.2, 0) is 5.41 Å². The molecule has 2 fully saturated rings. The molecule has 3 aromatic heterocycles. The maximum atomic E-state index is 4.79. The second-order valence-corrected chi connectivity index (χ2v) is 8.99. The van der Waals surface area contributed by atoms with Gasteiger partial charge in [0.1, 0.15) is 18.0 Å². The van der Waals surface area contributed by atoms with E-state index < -0.39 is 0 Å². The van der Waals surface area contributed by atoms with Gasteiger partial charge < -0.3 is 10.2 Å². The Labute approximate surface area is 164 Å². The number of nitrogens with zero attached hydrogens (tertiary/aromatic N) is 7. The van der Waals surface area contributed by atoms with Crippen LogP contribution in [0.1, 0.15) is 51.0 Å². The molecule has 28 heavy (non-hydrogen) atoms. The van der Waals surface area contributed by atoms with Gasteiger partial charge in [-0.15, -0.1) is 15.3 Å². The zero-order valence-electron chi connectivity index (χ0n) is 16.6. The van der Waals surface area contributed by atoms with E-state index in [-0.39, 0.29) is 5.41 Å². The van der Waals surface area contributed by atoms with Crippen LogP contribution in [0.4, 0.5) is 11.6 Å². The number of fused-ring (bicyclic) bond motifs is 1. The summed E-state index contributed by atoms with van der Waals surface area (Å²) in [6, 6.07) is 6.13. The first kappa shape index (κ1) is 17.3. The molecule has 0 bridgehead atoms. The molecule has 1 N–H and O–H groups in total. The molecule has 4 heterocycles. The summed E-state index contributed by atoms with van der Waals surface area (Å²) in [5, 5.41) is 16.8. The van der Waals surface area contributed by atoms with Gasteiger partial charge in [-0.1, -0.05) is 20.8 Å². The van der Waals surface area contributed by atoms with Gasteiger partial charge in [0.25, 0.3) is 0 Å². The summed E-state index contributed by atoms with van der Waals surface area (Å²) in [6.45, 7) is 9.28. The summed E-state index contributed by atoms with van der Waals surface area (Å²) in [4.78, 5) is 11.0. The van der Waals surface area contributed by atoms with Crippen molar-refractivity contribution >= 4 is 17.3 Å². The van der Waals surface area contributed by atoms with Crippen molar-refractivity contribution in [3.05, 3.63) is 36.0 Å². The van der Waals surface area contributed by atoms with Crippen molar-refractivity contribution in [3.8, 4) is 0 Å². The molecule has 2 aliphatic rings. The van der Waals surface area contributed by atoms with Gasteiger partial charge in [-0.3, -0.25) is 0 Å². The average Bonchev–Trinajstić information content (AvgIpc) is 3.38. The van der Waals surface area contributed by atoms with Gasteiger partial charge >= 0.3 is 0 Å². The fourth-order valence-corrected chi connectivity index (χ4v) is 3.62. The van der Waals surface area contributed by atoms with E-state index in [1.54, 1.807) is 6.33 Å². The zero-order chi connectivity index (χ0) is 19.3. The van der Waals surface area contributed by atoms with Gasteiger partial charge in [-0.25, -0.2) is 9.97 Å². The third-order valence-electron chi connectivity index (χ3n) is 5.46. The fraction of sp³-hybridized carbons (Fsp3) is 0.550. The van der Waals surface area contributed by atoms with E-state index in [1.165, 1.54) is 18.5 Å². The van der Waals surface area contributed by atoms with Crippen molar-refractivity contribution in [1.82, 2.24) is 29.8 Å². The van der Waals surface area contributed by atoms with Gasteiger partial charge in [-0.2, -0.15) is 4.52 Å². The van der Waals surface area contributed by atoms with E-state index >= 15 is 0 Å². The number of aromatic nitrogens is 6. The van der Waals surface area contributed by atoms with Crippen LogP contribution in [0.5, 0.6) is 0 Å². The Morgan fingerprint density at radius 1 is 1.11 bits per heavy atom. The third kappa shape index (κ3) is 3.27. The Kier molecular flexibility index (Phi) is 3.96. The van der Waals surface area contributed by atoms with E-state index in [2.05, 4.69) is 57.2 Å². The average molecular weight is 378 g/mol. The Bertz CT molecular complexity index is 995. The molecule has 5 rings (SSSR count). The predicted molar refractivity (Wildman–Crippen MR) is 108 cm³/mol. The van der Waals surface area contributed by atoms with Crippen molar-refractivity contribution in [2.75, 3.05) is 29.9 Å². The largest absolute Gasteiger partial charge is 0.370 e. The van der Waals surface area contributed by atoms with Gasteiger partial charge in [0.05, 0.1) is 0 Å². The second-order valence-electron chi connectivity index (χ2n) is 8.99. The van der Waals surface area contributed by atoms with E-state index in [9.17, 15) is 0 Å². The minimum atomic E-state index is -0.0939. The highest BCUT2D eigenvalue weighted by atomic mass is 15.4. The van der Waals surface area contributed by atoms with E-state index in [1.807, 2.05) is 16.6 Å². The van der Waals surface area contributed by atoms with Gasteiger partial charge in [0.15, 0.2) is 11.5 Å². The minimum Gasteiger partial charge on any atom is -0.370 e. The first-order valence-corrected chi connectivity index (χ1v) is 10.0. The quantitative estimate of drug-likeness (QED) is 0.730. The van der Waals surface area contributed by atoms with Gasteiger partial charge in [0.2, 0.25) is 0 Å². The zero-order valence-corrected chi connectivity index (χ0v) is 16.6.